The topological polar surface area (TPSA) is 98.8 Å². The Labute approximate surface area is 70.5 Å². The van der Waals surface area contributed by atoms with E-state index in [0.717, 1.165) is 0 Å². The lowest BCUT2D eigenvalue weighted by Crippen LogP contribution is -2.19. The quantitative estimate of drug-likeness (QED) is 0.152. The summed E-state index contributed by atoms with van der Waals surface area (Å²) in [5, 5.41) is 8.47. The van der Waals surface area contributed by atoms with Gasteiger partial charge in [-0.15, -0.1) is 0 Å². The SMILES string of the molecule is CO/C(P)=C(/C(=O)O)C(=O)ON. The van der Waals surface area contributed by atoms with Crippen LogP contribution in [0.5, 0.6) is 0 Å². The summed E-state index contributed by atoms with van der Waals surface area (Å²) in [6, 6.07) is 0. The lowest BCUT2D eigenvalue weighted by atomic mass is 10.3. The molecule has 0 fully saturated rings. The van der Waals surface area contributed by atoms with E-state index in [1.54, 1.807) is 0 Å². The molecule has 0 heterocycles. The Balaban J connectivity index is 4.91. The molecule has 3 N–H and O–H groups in total. The van der Waals surface area contributed by atoms with Crippen LogP contribution in [0.15, 0.2) is 11.1 Å². The van der Waals surface area contributed by atoms with E-state index >= 15 is 0 Å². The molecule has 0 bridgehead atoms. The van der Waals surface area contributed by atoms with Crippen molar-refractivity contribution in [3.05, 3.63) is 11.1 Å². The summed E-state index contributed by atoms with van der Waals surface area (Å²) in [6.07, 6.45) is 0. The van der Waals surface area contributed by atoms with E-state index in [9.17, 15) is 9.59 Å². The standard InChI is InChI=1S/C5H8NO5P/c1-10-5(12)2(3(7)8)4(9)11-6/h6,12H2,1H3,(H,7,8)/b5-2+. The van der Waals surface area contributed by atoms with Crippen molar-refractivity contribution >= 4 is 21.2 Å². The Kier molecular flexibility index (Phi) is 4.25. The molecule has 1 unspecified atom stereocenters. The molecule has 0 radical (unpaired) electrons. The molecule has 0 spiro atoms. The molecule has 68 valence electrons. The highest BCUT2D eigenvalue weighted by atomic mass is 31.0. The van der Waals surface area contributed by atoms with Crippen molar-refractivity contribution in [2.75, 3.05) is 7.11 Å². The van der Waals surface area contributed by atoms with Gasteiger partial charge in [0.05, 0.1) is 7.11 Å². The minimum Gasteiger partial charge on any atom is -0.496 e. The normalized spacial score (nSPS) is 11.6. The van der Waals surface area contributed by atoms with Crippen molar-refractivity contribution in [1.82, 2.24) is 0 Å². The fourth-order valence-electron chi connectivity index (χ4n) is 0.454. The molecular weight excluding hydrogens is 185 g/mol. The maximum Gasteiger partial charge on any atom is 0.367 e. The summed E-state index contributed by atoms with van der Waals surface area (Å²) in [5.74, 6) is 1.87. The Morgan fingerprint density at radius 3 is 2.25 bits per heavy atom. The molecule has 0 aliphatic carbocycles. The van der Waals surface area contributed by atoms with E-state index < -0.39 is 17.5 Å². The summed E-state index contributed by atoms with van der Waals surface area (Å²) >= 11 is 0. The zero-order valence-corrected chi connectivity index (χ0v) is 7.39. The Morgan fingerprint density at radius 1 is 1.50 bits per heavy atom. The number of nitrogens with two attached hydrogens (primary N) is 1. The largest absolute Gasteiger partial charge is 0.496 e. The van der Waals surface area contributed by atoms with Crippen LogP contribution in [0.4, 0.5) is 0 Å². The van der Waals surface area contributed by atoms with E-state index in [1.807, 2.05) is 9.24 Å². The second-order valence-corrected chi connectivity index (χ2v) is 2.18. The van der Waals surface area contributed by atoms with Gasteiger partial charge < -0.3 is 14.7 Å². The third-order valence-electron chi connectivity index (χ3n) is 0.991. The Morgan fingerprint density at radius 2 is 2.00 bits per heavy atom. The van der Waals surface area contributed by atoms with Gasteiger partial charge in [-0.05, 0) is 0 Å². The van der Waals surface area contributed by atoms with Crippen LogP contribution in [0.1, 0.15) is 0 Å². The zero-order chi connectivity index (χ0) is 9.72. The van der Waals surface area contributed by atoms with Crippen molar-refractivity contribution in [3.8, 4) is 0 Å². The lowest BCUT2D eigenvalue weighted by Gasteiger charge is -2.03. The number of rotatable bonds is 3. The molecular formula is C5H8NO5P. The molecule has 0 aromatic heterocycles. The number of carboxylic acid groups (broad SMARTS) is 1. The predicted octanol–water partition coefficient (Wildman–Crippen LogP) is -0.779. The van der Waals surface area contributed by atoms with Gasteiger partial charge in [0.1, 0.15) is 5.50 Å². The zero-order valence-electron chi connectivity index (χ0n) is 6.23. The second kappa shape index (κ2) is 4.69. The molecule has 0 aliphatic rings. The minimum atomic E-state index is -1.46. The van der Waals surface area contributed by atoms with Gasteiger partial charge in [0, 0.05) is 0 Å². The maximum absolute atomic E-state index is 10.7. The third-order valence-corrected chi connectivity index (χ3v) is 1.52. The second-order valence-electron chi connectivity index (χ2n) is 1.65. The van der Waals surface area contributed by atoms with Crippen LogP contribution in [0.3, 0.4) is 0 Å². The van der Waals surface area contributed by atoms with Gasteiger partial charge in [0.15, 0.2) is 5.57 Å². The summed E-state index contributed by atoms with van der Waals surface area (Å²) in [5.41, 5.74) is -0.789. The van der Waals surface area contributed by atoms with Gasteiger partial charge in [-0.3, -0.25) is 0 Å². The number of methoxy groups -OCH3 is 1. The molecule has 12 heavy (non-hydrogen) atoms. The average molecular weight is 193 g/mol. The average Bonchev–Trinajstić information content (AvgIpc) is 2.03. The molecule has 6 nitrogen and oxygen atoms in total. The van der Waals surface area contributed by atoms with E-state index in [2.05, 4.69) is 15.5 Å². The minimum absolute atomic E-state index is 0.141. The summed E-state index contributed by atoms with van der Waals surface area (Å²) < 4.78 is 4.50. The number of aliphatic carboxylic acids is 1. The number of hydrogen-bond acceptors (Lipinski definition) is 5. The molecule has 0 saturated carbocycles. The molecule has 0 saturated heterocycles. The fourth-order valence-corrected chi connectivity index (χ4v) is 0.696. The van der Waals surface area contributed by atoms with Crippen molar-refractivity contribution in [1.29, 1.82) is 0 Å². The third kappa shape index (κ3) is 2.48. The van der Waals surface area contributed by atoms with Gasteiger partial charge in [-0.2, -0.15) is 5.90 Å². The van der Waals surface area contributed by atoms with Crippen LogP contribution in [-0.4, -0.2) is 24.2 Å². The van der Waals surface area contributed by atoms with Gasteiger partial charge in [0.2, 0.25) is 0 Å². The van der Waals surface area contributed by atoms with Gasteiger partial charge in [0.25, 0.3) is 0 Å². The van der Waals surface area contributed by atoms with Crippen molar-refractivity contribution in [3.63, 3.8) is 0 Å². The Hall–Kier alpha value is -1.13. The monoisotopic (exact) mass is 193 g/mol. The highest BCUT2D eigenvalue weighted by Gasteiger charge is 2.22. The number of hydrogen-bond donors (Lipinski definition) is 2. The van der Waals surface area contributed by atoms with Crippen molar-refractivity contribution in [2.45, 2.75) is 0 Å². The maximum atomic E-state index is 10.7. The summed E-state index contributed by atoms with van der Waals surface area (Å²) in [4.78, 5) is 24.8. The van der Waals surface area contributed by atoms with Gasteiger partial charge in [-0.1, -0.05) is 9.24 Å². The lowest BCUT2D eigenvalue weighted by molar-refractivity contribution is -0.144. The van der Waals surface area contributed by atoms with Gasteiger partial charge >= 0.3 is 11.9 Å². The van der Waals surface area contributed by atoms with E-state index in [4.69, 9.17) is 5.11 Å². The highest BCUT2D eigenvalue weighted by Crippen LogP contribution is 2.13. The number of carboxylic acids is 1. The Bertz CT molecular complexity index is 236. The molecule has 0 amide bonds. The van der Waals surface area contributed by atoms with Crippen LogP contribution in [-0.2, 0) is 19.2 Å². The number of carbonyl (C=O) groups is 2. The highest BCUT2D eigenvalue weighted by molar-refractivity contribution is 7.22. The van der Waals surface area contributed by atoms with Crippen LogP contribution < -0.4 is 5.90 Å². The number of ether oxygens (including phenoxy) is 1. The molecule has 7 heteroatoms. The van der Waals surface area contributed by atoms with E-state index in [0.29, 0.717) is 0 Å². The number of carbonyl (C=O) groups excluding carboxylic acids is 1. The van der Waals surface area contributed by atoms with Gasteiger partial charge in [-0.25, -0.2) is 9.59 Å². The smallest absolute Gasteiger partial charge is 0.367 e. The summed E-state index contributed by atoms with van der Waals surface area (Å²) in [6.45, 7) is 0. The molecule has 0 aromatic carbocycles. The first-order valence-electron chi connectivity index (χ1n) is 2.72. The van der Waals surface area contributed by atoms with Crippen LogP contribution in [0.25, 0.3) is 0 Å². The first kappa shape index (κ1) is 10.9. The van der Waals surface area contributed by atoms with Crippen LogP contribution in [0.2, 0.25) is 0 Å². The first-order valence-corrected chi connectivity index (χ1v) is 3.30. The summed E-state index contributed by atoms with van der Waals surface area (Å²) in [7, 11) is 3.15. The van der Waals surface area contributed by atoms with Crippen molar-refractivity contribution in [2.24, 2.45) is 5.90 Å². The van der Waals surface area contributed by atoms with E-state index in [-0.39, 0.29) is 5.50 Å². The predicted molar refractivity (Wildman–Crippen MR) is 41.7 cm³/mol. The molecule has 1 atom stereocenters. The first-order chi connectivity index (χ1) is 5.54. The van der Waals surface area contributed by atoms with Crippen molar-refractivity contribution < 1.29 is 24.3 Å². The molecule has 0 rings (SSSR count). The molecule has 0 aromatic rings. The van der Waals surface area contributed by atoms with Crippen LogP contribution >= 0.6 is 9.24 Å². The van der Waals surface area contributed by atoms with Crippen LogP contribution in [0, 0.1) is 0 Å². The fraction of sp³-hybridized carbons (Fsp3) is 0.200. The molecule has 0 aliphatic heterocycles. The van der Waals surface area contributed by atoms with E-state index in [1.165, 1.54) is 7.11 Å².